The monoisotopic (exact) mass is 273 g/mol. The average Bonchev–Trinajstić information content (AvgIpc) is 3.31. The molecule has 0 bridgehead atoms. The van der Waals surface area contributed by atoms with Gasteiger partial charge in [-0.3, -0.25) is 4.79 Å². The summed E-state index contributed by atoms with van der Waals surface area (Å²) in [7, 11) is 0. The summed E-state index contributed by atoms with van der Waals surface area (Å²) in [5.74, 6) is -0.0671. The number of carbonyl (C=O) groups is 2. The summed E-state index contributed by atoms with van der Waals surface area (Å²) >= 11 is 0. The van der Waals surface area contributed by atoms with Crippen LogP contribution in [0.3, 0.4) is 0 Å². The number of amides is 1. The first-order valence-electron chi connectivity index (χ1n) is 7.27. The van der Waals surface area contributed by atoms with Crippen LogP contribution in [0.4, 0.5) is 0 Å². The fourth-order valence-electron chi connectivity index (χ4n) is 2.96. The summed E-state index contributed by atoms with van der Waals surface area (Å²) in [6.45, 7) is 1.59. The topological polar surface area (TPSA) is 57.6 Å². The molecule has 4 heteroatoms. The molecule has 3 rings (SSSR count). The predicted molar refractivity (Wildman–Crippen MR) is 74.7 cm³/mol. The molecule has 1 aliphatic carbocycles. The second kappa shape index (κ2) is 5.27. The molecule has 1 aromatic rings. The second-order valence-corrected chi connectivity index (χ2v) is 5.83. The van der Waals surface area contributed by atoms with E-state index in [4.69, 9.17) is 5.11 Å². The lowest BCUT2D eigenvalue weighted by atomic mass is 9.89. The van der Waals surface area contributed by atoms with E-state index in [2.05, 4.69) is 0 Å². The molecule has 0 spiro atoms. The maximum atomic E-state index is 12.1. The van der Waals surface area contributed by atoms with Crippen molar-refractivity contribution in [1.82, 2.24) is 4.90 Å². The molecular formula is C16H19NO3. The van der Waals surface area contributed by atoms with Crippen molar-refractivity contribution < 1.29 is 14.7 Å². The summed E-state index contributed by atoms with van der Waals surface area (Å²) in [5, 5.41) is 9.06. The van der Waals surface area contributed by atoms with Crippen LogP contribution in [-0.2, 0) is 4.79 Å². The van der Waals surface area contributed by atoms with E-state index in [-0.39, 0.29) is 11.8 Å². The number of piperidine rings is 1. The Hall–Kier alpha value is -1.84. The molecule has 106 valence electrons. The van der Waals surface area contributed by atoms with Crippen molar-refractivity contribution in [2.75, 3.05) is 13.1 Å². The zero-order valence-electron chi connectivity index (χ0n) is 11.4. The maximum Gasteiger partial charge on any atom is 0.335 e. The number of nitrogens with zero attached hydrogens (tertiary/aromatic N) is 1. The first-order chi connectivity index (χ1) is 9.65. The quantitative estimate of drug-likeness (QED) is 0.920. The van der Waals surface area contributed by atoms with Crippen molar-refractivity contribution >= 4 is 11.9 Å². The molecule has 1 aliphatic heterocycles. The summed E-state index contributed by atoms with van der Waals surface area (Å²) < 4.78 is 0. The number of aromatic carboxylic acids is 1. The van der Waals surface area contributed by atoms with Gasteiger partial charge in [0.1, 0.15) is 0 Å². The number of hydrogen-bond donors (Lipinski definition) is 1. The van der Waals surface area contributed by atoms with Gasteiger partial charge in [-0.2, -0.15) is 0 Å². The van der Waals surface area contributed by atoms with Crippen LogP contribution in [0.15, 0.2) is 24.3 Å². The van der Waals surface area contributed by atoms with Crippen LogP contribution in [0.5, 0.6) is 0 Å². The fraction of sp³-hybridized carbons (Fsp3) is 0.500. The third kappa shape index (κ3) is 2.69. The molecule has 1 saturated heterocycles. The number of hydrogen-bond acceptors (Lipinski definition) is 2. The molecule has 1 N–H and O–H groups in total. The molecule has 4 nitrogen and oxygen atoms in total. The van der Waals surface area contributed by atoms with Crippen LogP contribution in [0.2, 0.25) is 0 Å². The number of carboxylic acids is 1. The third-order valence-electron chi connectivity index (χ3n) is 4.26. The van der Waals surface area contributed by atoms with E-state index in [9.17, 15) is 9.59 Å². The molecule has 0 unspecified atom stereocenters. The molecule has 2 aliphatic rings. The second-order valence-electron chi connectivity index (χ2n) is 5.83. The molecule has 2 fully saturated rings. The predicted octanol–water partition coefficient (Wildman–Crippen LogP) is 2.50. The summed E-state index contributed by atoms with van der Waals surface area (Å²) in [5.41, 5.74) is 1.37. The highest BCUT2D eigenvalue weighted by atomic mass is 16.4. The van der Waals surface area contributed by atoms with E-state index < -0.39 is 5.97 Å². The molecule has 1 atom stereocenters. The number of rotatable bonds is 3. The van der Waals surface area contributed by atoms with Crippen LogP contribution in [0, 0.1) is 5.92 Å². The Bertz CT molecular complexity index is 536. The smallest absolute Gasteiger partial charge is 0.335 e. The van der Waals surface area contributed by atoms with E-state index >= 15 is 0 Å². The van der Waals surface area contributed by atoms with E-state index in [0.29, 0.717) is 11.5 Å². The third-order valence-corrected chi connectivity index (χ3v) is 4.26. The molecule has 0 aromatic heterocycles. The Balaban J connectivity index is 1.74. The lowest BCUT2D eigenvalue weighted by molar-refractivity contribution is -0.133. The number of benzene rings is 1. The Morgan fingerprint density at radius 2 is 2.00 bits per heavy atom. The normalized spacial score (nSPS) is 22.6. The zero-order chi connectivity index (χ0) is 14.1. The maximum absolute atomic E-state index is 12.1. The molecule has 1 heterocycles. The Morgan fingerprint density at radius 1 is 1.20 bits per heavy atom. The minimum atomic E-state index is -0.895. The van der Waals surface area contributed by atoms with Gasteiger partial charge in [-0.25, -0.2) is 4.79 Å². The SMILES string of the molecule is O=C(O)c1cccc([C@H]2CCCN(C(=O)C3CC3)C2)c1. The molecule has 1 aromatic carbocycles. The minimum absolute atomic E-state index is 0.263. The molecule has 1 saturated carbocycles. The lowest BCUT2D eigenvalue weighted by Crippen LogP contribution is -2.39. The van der Waals surface area contributed by atoms with Crippen molar-refractivity contribution in [3.05, 3.63) is 35.4 Å². The van der Waals surface area contributed by atoms with Crippen molar-refractivity contribution in [1.29, 1.82) is 0 Å². The van der Waals surface area contributed by atoms with E-state index in [1.54, 1.807) is 18.2 Å². The zero-order valence-corrected chi connectivity index (χ0v) is 11.4. The standard InChI is InChI=1S/C16H19NO3/c18-15(11-6-7-11)17-8-2-5-14(10-17)12-3-1-4-13(9-12)16(19)20/h1,3-4,9,11,14H,2,5-8,10H2,(H,19,20)/t14-/m0/s1. The first-order valence-corrected chi connectivity index (χ1v) is 7.27. The van der Waals surface area contributed by atoms with Gasteiger partial charge < -0.3 is 10.0 Å². The minimum Gasteiger partial charge on any atom is -0.478 e. The lowest BCUT2D eigenvalue weighted by Gasteiger charge is -2.33. The summed E-state index contributed by atoms with van der Waals surface area (Å²) in [6, 6.07) is 7.13. The van der Waals surface area contributed by atoms with Gasteiger partial charge in [0.2, 0.25) is 5.91 Å². The van der Waals surface area contributed by atoms with Crippen molar-refractivity contribution in [2.24, 2.45) is 5.92 Å². The van der Waals surface area contributed by atoms with Gasteiger partial charge in [0.25, 0.3) is 0 Å². The molecular weight excluding hydrogens is 254 g/mol. The van der Waals surface area contributed by atoms with Gasteiger partial charge in [0, 0.05) is 24.9 Å². The first kappa shape index (κ1) is 13.2. The number of carboxylic acid groups (broad SMARTS) is 1. The molecule has 20 heavy (non-hydrogen) atoms. The van der Waals surface area contributed by atoms with Crippen molar-refractivity contribution in [3.63, 3.8) is 0 Å². The van der Waals surface area contributed by atoms with Crippen LogP contribution in [-0.4, -0.2) is 35.0 Å². The van der Waals surface area contributed by atoms with Crippen molar-refractivity contribution in [2.45, 2.75) is 31.6 Å². The number of likely N-dealkylation sites (tertiary alicyclic amines) is 1. The Labute approximate surface area is 118 Å². The highest BCUT2D eigenvalue weighted by molar-refractivity contribution is 5.87. The van der Waals surface area contributed by atoms with Gasteiger partial charge >= 0.3 is 5.97 Å². The van der Waals surface area contributed by atoms with Crippen LogP contribution >= 0.6 is 0 Å². The van der Waals surface area contributed by atoms with Crippen LogP contribution in [0.1, 0.15) is 47.5 Å². The Kier molecular flexibility index (Phi) is 3.47. The summed E-state index contributed by atoms with van der Waals surface area (Å²) in [6.07, 6.45) is 4.10. The van der Waals surface area contributed by atoms with Crippen molar-refractivity contribution in [3.8, 4) is 0 Å². The van der Waals surface area contributed by atoms with Crippen LogP contribution < -0.4 is 0 Å². The molecule has 1 amide bonds. The highest BCUT2D eigenvalue weighted by Crippen LogP contribution is 2.34. The largest absolute Gasteiger partial charge is 0.478 e. The highest BCUT2D eigenvalue weighted by Gasteiger charge is 2.35. The molecule has 0 radical (unpaired) electrons. The Morgan fingerprint density at radius 3 is 2.70 bits per heavy atom. The summed E-state index contributed by atoms with van der Waals surface area (Å²) in [4.78, 5) is 25.2. The van der Waals surface area contributed by atoms with Gasteiger partial charge in [-0.1, -0.05) is 12.1 Å². The van der Waals surface area contributed by atoms with Gasteiger partial charge in [-0.15, -0.1) is 0 Å². The van der Waals surface area contributed by atoms with E-state index in [0.717, 1.165) is 44.3 Å². The van der Waals surface area contributed by atoms with E-state index in [1.165, 1.54) is 0 Å². The number of carbonyl (C=O) groups excluding carboxylic acids is 1. The van der Waals surface area contributed by atoms with E-state index in [1.807, 2.05) is 11.0 Å². The van der Waals surface area contributed by atoms with Gasteiger partial charge in [-0.05, 0) is 43.4 Å². The van der Waals surface area contributed by atoms with Gasteiger partial charge in [0.05, 0.1) is 5.56 Å². The van der Waals surface area contributed by atoms with Crippen LogP contribution in [0.25, 0.3) is 0 Å². The fourth-order valence-corrected chi connectivity index (χ4v) is 2.96. The van der Waals surface area contributed by atoms with Gasteiger partial charge in [0.15, 0.2) is 0 Å². The average molecular weight is 273 g/mol.